The van der Waals surface area contributed by atoms with Crippen molar-refractivity contribution in [2.45, 2.75) is 25.4 Å². The lowest BCUT2D eigenvalue weighted by Gasteiger charge is -2.35. The summed E-state index contributed by atoms with van der Waals surface area (Å²) in [5.74, 6) is 0.148. The molecule has 3 nitrogen and oxygen atoms in total. The lowest BCUT2D eigenvalue weighted by molar-refractivity contribution is -0.154. The van der Waals surface area contributed by atoms with Gasteiger partial charge in [-0.2, -0.15) is 0 Å². The van der Waals surface area contributed by atoms with E-state index >= 15 is 0 Å². The highest BCUT2D eigenvalue weighted by atomic mass is 16.5. The lowest BCUT2D eigenvalue weighted by atomic mass is 9.72. The predicted molar refractivity (Wildman–Crippen MR) is 72.2 cm³/mol. The molecule has 1 fully saturated rings. The maximum Gasteiger partial charge on any atom is 0.320 e. The van der Waals surface area contributed by atoms with Crippen LogP contribution in [0.2, 0.25) is 0 Å². The van der Waals surface area contributed by atoms with Crippen LogP contribution in [0.15, 0.2) is 48.1 Å². The molecule has 0 aromatic rings. The number of allylic oxidation sites excluding steroid dienone is 6. The van der Waals surface area contributed by atoms with Gasteiger partial charge in [0.15, 0.2) is 0 Å². The van der Waals surface area contributed by atoms with E-state index in [1.807, 2.05) is 42.5 Å². The number of hydrogen-bond donors (Lipinski definition) is 1. The fourth-order valence-electron chi connectivity index (χ4n) is 2.87. The van der Waals surface area contributed by atoms with Gasteiger partial charge in [0.05, 0.1) is 12.7 Å². The van der Waals surface area contributed by atoms with Crippen molar-refractivity contribution in [1.29, 1.82) is 0 Å². The van der Waals surface area contributed by atoms with Crippen molar-refractivity contribution in [3.63, 3.8) is 0 Å². The van der Waals surface area contributed by atoms with Gasteiger partial charge in [0, 0.05) is 0 Å². The first-order valence-electron chi connectivity index (χ1n) is 6.79. The number of aliphatic hydroxyl groups excluding tert-OH is 1. The van der Waals surface area contributed by atoms with Crippen LogP contribution in [-0.2, 0) is 9.53 Å². The Bertz CT molecular complexity index is 492. The molecule has 19 heavy (non-hydrogen) atoms. The van der Waals surface area contributed by atoms with Crippen LogP contribution in [-0.4, -0.2) is 23.8 Å². The molecule has 3 aliphatic carbocycles. The van der Waals surface area contributed by atoms with Gasteiger partial charge in [0.25, 0.3) is 0 Å². The van der Waals surface area contributed by atoms with Gasteiger partial charge in [-0.1, -0.05) is 42.5 Å². The minimum atomic E-state index is -0.633. The standard InChI is InChI=1S/C16H18O3/c17-14-9-12(10-14)11-19-15(18)16-7-3-1-5-13(16)6-2-4-8-16/h1-7,12,14,17H,8-11H2. The average Bonchev–Trinajstić information content (AvgIpc) is 2.42. The van der Waals surface area contributed by atoms with Crippen LogP contribution in [0, 0.1) is 11.3 Å². The Hall–Kier alpha value is -1.61. The molecule has 3 rings (SSSR count). The Morgan fingerprint density at radius 3 is 3.00 bits per heavy atom. The smallest absolute Gasteiger partial charge is 0.320 e. The maximum absolute atomic E-state index is 12.4. The number of ether oxygens (including phenoxy) is 1. The quantitative estimate of drug-likeness (QED) is 0.790. The molecular weight excluding hydrogens is 240 g/mol. The maximum atomic E-state index is 12.4. The van der Waals surface area contributed by atoms with Gasteiger partial charge < -0.3 is 9.84 Å². The van der Waals surface area contributed by atoms with Crippen molar-refractivity contribution in [2.24, 2.45) is 11.3 Å². The highest BCUT2D eigenvalue weighted by molar-refractivity contribution is 5.85. The molecule has 1 atom stereocenters. The summed E-state index contributed by atoms with van der Waals surface area (Å²) in [5.41, 5.74) is 0.363. The molecule has 0 saturated heterocycles. The van der Waals surface area contributed by atoms with Crippen molar-refractivity contribution in [1.82, 2.24) is 0 Å². The average molecular weight is 258 g/mol. The zero-order valence-electron chi connectivity index (χ0n) is 10.8. The van der Waals surface area contributed by atoms with E-state index in [1.54, 1.807) is 0 Å². The summed E-state index contributed by atoms with van der Waals surface area (Å²) >= 11 is 0. The minimum absolute atomic E-state index is 0.176. The van der Waals surface area contributed by atoms with E-state index in [-0.39, 0.29) is 12.1 Å². The van der Waals surface area contributed by atoms with Crippen molar-refractivity contribution >= 4 is 5.97 Å². The third-order valence-electron chi connectivity index (χ3n) is 4.16. The van der Waals surface area contributed by atoms with Crippen molar-refractivity contribution < 1.29 is 14.6 Å². The van der Waals surface area contributed by atoms with E-state index in [2.05, 4.69) is 0 Å². The summed E-state index contributed by atoms with van der Waals surface area (Å²) in [5, 5.41) is 9.24. The second-order valence-corrected chi connectivity index (χ2v) is 5.53. The third kappa shape index (κ3) is 2.19. The summed E-state index contributed by atoms with van der Waals surface area (Å²) < 4.78 is 5.48. The highest BCUT2D eigenvalue weighted by Crippen LogP contribution is 2.41. The molecule has 0 radical (unpaired) electrons. The van der Waals surface area contributed by atoms with Crippen LogP contribution in [0.1, 0.15) is 19.3 Å². The normalized spacial score (nSPS) is 35.3. The van der Waals surface area contributed by atoms with E-state index in [1.165, 1.54) is 0 Å². The van der Waals surface area contributed by atoms with Crippen LogP contribution in [0.25, 0.3) is 0 Å². The molecule has 3 aliphatic rings. The molecule has 0 amide bonds. The summed E-state index contributed by atoms with van der Waals surface area (Å²) in [4.78, 5) is 12.4. The fourth-order valence-corrected chi connectivity index (χ4v) is 2.87. The highest BCUT2D eigenvalue weighted by Gasteiger charge is 2.41. The number of rotatable bonds is 3. The largest absolute Gasteiger partial charge is 0.464 e. The van der Waals surface area contributed by atoms with Gasteiger partial charge in [-0.25, -0.2) is 0 Å². The fraction of sp³-hybridized carbons (Fsp3) is 0.438. The molecule has 0 spiro atoms. The SMILES string of the molecule is O=C(OCC1CC(O)C1)C12C=CC=CC1=CC=CC2. The van der Waals surface area contributed by atoms with Crippen LogP contribution >= 0.6 is 0 Å². The van der Waals surface area contributed by atoms with Crippen molar-refractivity contribution in [3.8, 4) is 0 Å². The first-order valence-corrected chi connectivity index (χ1v) is 6.79. The molecule has 0 bridgehead atoms. The van der Waals surface area contributed by atoms with E-state index < -0.39 is 5.41 Å². The topological polar surface area (TPSA) is 46.5 Å². The molecule has 0 heterocycles. The first-order chi connectivity index (χ1) is 9.21. The molecule has 1 unspecified atom stereocenters. The van der Waals surface area contributed by atoms with Crippen LogP contribution in [0.4, 0.5) is 0 Å². The monoisotopic (exact) mass is 258 g/mol. The van der Waals surface area contributed by atoms with Gasteiger partial charge in [0.1, 0.15) is 5.41 Å². The van der Waals surface area contributed by atoms with E-state index in [9.17, 15) is 9.90 Å². The molecule has 3 heteroatoms. The van der Waals surface area contributed by atoms with Crippen LogP contribution < -0.4 is 0 Å². The Labute approximate surface area is 113 Å². The summed E-state index contributed by atoms with van der Waals surface area (Å²) in [6, 6.07) is 0. The predicted octanol–water partition coefficient (Wildman–Crippen LogP) is 2.30. The Morgan fingerprint density at radius 2 is 2.21 bits per heavy atom. The summed E-state index contributed by atoms with van der Waals surface area (Å²) in [6.45, 7) is 0.423. The molecule has 0 aromatic heterocycles. The Morgan fingerprint density at radius 1 is 1.37 bits per heavy atom. The zero-order valence-corrected chi connectivity index (χ0v) is 10.8. The molecule has 100 valence electrons. The molecule has 1 N–H and O–H groups in total. The minimum Gasteiger partial charge on any atom is -0.464 e. The van der Waals surface area contributed by atoms with Gasteiger partial charge >= 0.3 is 5.97 Å². The summed E-state index contributed by atoms with van der Waals surface area (Å²) in [6.07, 6.45) is 15.7. The number of fused-ring (bicyclic) bond motifs is 1. The molecule has 1 saturated carbocycles. The second kappa shape index (κ2) is 4.82. The third-order valence-corrected chi connectivity index (χ3v) is 4.16. The van der Waals surface area contributed by atoms with E-state index in [4.69, 9.17) is 4.74 Å². The zero-order chi connectivity index (χ0) is 13.3. The second-order valence-electron chi connectivity index (χ2n) is 5.53. The number of carbonyl (C=O) groups is 1. The molecular formula is C16H18O3. The van der Waals surface area contributed by atoms with Crippen LogP contribution in [0.5, 0.6) is 0 Å². The number of carbonyl (C=O) groups excluding carboxylic acids is 1. The van der Waals surface area contributed by atoms with Gasteiger partial charge in [-0.05, 0) is 30.8 Å². The van der Waals surface area contributed by atoms with Crippen molar-refractivity contribution in [3.05, 3.63) is 48.1 Å². The van der Waals surface area contributed by atoms with Gasteiger partial charge in [-0.15, -0.1) is 0 Å². The summed E-state index contributed by atoms with van der Waals surface area (Å²) in [7, 11) is 0. The van der Waals surface area contributed by atoms with E-state index in [0.29, 0.717) is 18.9 Å². The Balaban J connectivity index is 1.68. The molecule has 0 aromatic carbocycles. The first kappa shape index (κ1) is 12.4. The Kier molecular flexibility index (Phi) is 3.15. The van der Waals surface area contributed by atoms with Crippen LogP contribution in [0.3, 0.4) is 0 Å². The van der Waals surface area contributed by atoms with E-state index in [0.717, 1.165) is 18.4 Å². The van der Waals surface area contributed by atoms with Gasteiger partial charge in [0.2, 0.25) is 0 Å². The number of hydrogen-bond acceptors (Lipinski definition) is 3. The van der Waals surface area contributed by atoms with Gasteiger partial charge in [-0.3, -0.25) is 4.79 Å². The molecule has 0 aliphatic heterocycles. The number of aliphatic hydroxyl groups is 1. The number of esters is 1. The van der Waals surface area contributed by atoms with Crippen molar-refractivity contribution in [2.75, 3.05) is 6.61 Å². The lowest BCUT2D eigenvalue weighted by Crippen LogP contribution is -2.38.